The number of aromatic nitrogens is 3. The van der Waals surface area contributed by atoms with E-state index in [2.05, 4.69) is 44.6 Å². The molecule has 0 aliphatic carbocycles. The molecule has 0 N–H and O–H groups in total. The van der Waals surface area contributed by atoms with Crippen molar-refractivity contribution in [3.8, 4) is 17.1 Å². The zero-order valence-corrected chi connectivity index (χ0v) is 13.7. The van der Waals surface area contributed by atoms with Crippen LogP contribution >= 0.6 is 0 Å². The predicted molar refractivity (Wildman–Crippen MR) is 94.4 cm³/mol. The summed E-state index contributed by atoms with van der Waals surface area (Å²) in [5.41, 5.74) is 3.30. The Hall–Kier alpha value is -2.66. The van der Waals surface area contributed by atoms with Crippen LogP contribution in [0.2, 0.25) is 0 Å². The molecule has 122 valence electrons. The lowest BCUT2D eigenvalue weighted by molar-refractivity contribution is 0.0532. The van der Waals surface area contributed by atoms with Crippen molar-refractivity contribution >= 4 is 5.69 Å². The summed E-state index contributed by atoms with van der Waals surface area (Å²) in [7, 11) is 0. The van der Waals surface area contributed by atoms with Gasteiger partial charge >= 0.3 is 0 Å². The van der Waals surface area contributed by atoms with Gasteiger partial charge in [0.25, 0.3) is 0 Å². The summed E-state index contributed by atoms with van der Waals surface area (Å²) >= 11 is 0. The first-order valence-corrected chi connectivity index (χ1v) is 8.22. The van der Waals surface area contributed by atoms with E-state index in [0.29, 0.717) is 0 Å². The van der Waals surface area contributed by atoms with Crippen molar-refractivity contribution in [2.75, 3.05) is 24.6 Å². The van der Waals surface area contributed by atoms with Gasteiger partial charge in [-0.2, -0.15) is 0 Å². The molecule has 3 aromatic rings. The van der Waals surface area contributed by atoms with Crippen LogP contribution in [0.25, 0.3) is 17.1 Å². The van der Waals surface area contributed by atoms with E-state index < -0.39 is 0 Å². The van der Waals surface area contributed by atoms with Gasteiger partial charge in [-0.25, -0.2) is 4.98 Å². The van der Waals surface area contributed by atoms with E-state index >= 15 is 0 Å². The van der Waals surface area contributed by atoms with Crippen molar-refractivity contribution in [2.45, 2.75) is 13.0 Å². The van der Waals surface area contributed by atoms with Crippen molar-refractivity contribution in [1.82, 2.24) is 14.5 Å². The van der Waals surface area contributed by atoms with Gasteiger partial charge in [0.2, 0.25) is 0 Å². The SMILES string of the molecule is CC1CN(c2ccncc2-n2ccnc2-c2ccccc2)CCO1. The Morgan fingerprint density at radius 3 is 2.79 bits per heavy atom. The second-order valence-corrected chi connectivity index (χ2v) is 5.98. The number of anilines is 1. The molecule has 2 aromatic heterocycles. The molecule has 1 aromatic carbocycles. The first kappa shape index (κ1) is 14.9. The van der Waals surface area contributed by atoms with Crippen LogP contribution in [0.4, 0.5) is 5.69 Å². The minimum absolute atomic E-state index is 0.233. The molecule has 1 aliphatic heterocycles. The summed E-state index contributed by atoms with van der Waals surface area (Å²) in [5, 5.41) is 0. The standard InChI is InChI=1S/C19H20N4O/c1-15-14-22(11-12-24-15)17-7-8-20-13-18(17)23-10-9-21-19(23)16-5-3-2-4-6-16/h2-10,13,15H,11-12,14H2,1H3. The lowest BCUT2D eigenvalue weighted by atomic mass is 10.2. The highest BCUT2D eigenvalue weighted by atomic mass is 16.5. The van der Waals surface area contributed by atoms with Crippen molar-refractivity contribution in [1.29, 1.82) is 0 Å². The second-order valence-electron chi connectivity index (χ2n) is 5.98. The van der Waals surface area contributed by atoms with Gasteiger partial charge in [-0.3, -0.25) is 9.55 Å². The Morgan fingerprint density at radius 2 is 1.96 bits per heavy atom. The van der Waals surface area contributed by atoms with Crippen LogP contribution in [0, 0.1) is 0 Å². The molecule has 0 amide bonds. The molecule has 5 nitrogen and oxygen atoms in total. The fourth-order valence-corrected chi connectivity index (χ4v) is 3.17. The lowest BCUT2D eigenvalue weighted by Crippen LogP contribution is -2.41. The lowest BCUT2D eigenvalue weighted by Gasteiger charge is -2.34. The van der Waals surface area contributed by atoms with Crippen molar-refractivity contribution in [3.05, 3.63) is 61.2 Å². The average Bonchev–Trinajstić information content (AvgIpc) is 3.12. The second kappa shape index (κ2) is 6.45. The predicted octanol–water partition coefficient (Wildman–Crippen LogP) is 3.16. The number of rotatable bonds is 3. The molecule has 5 heteroatoms. The molecule has 1 atom stereocenters. The van der Waals surface area contributed by atoms with E-state index in [1.165, 1.54) is 0 Å². The minimum atomic E-state index is 0.233. The quantitative estimate of drug-likeness (QED) is 0.743. The van der Waals surface area contributed by atoms with Crippen molar-refractivity contribution < 1.29 is 4.74 Å². The Balaban J connectivity index is 1.78. The highest BCUT2D eigenvalue weighted by molar-refractivity contribution is 5.67. The van der Waals surface area contributed by atoms with Crippen molar-refractivity contribution in [2.24, 2.45) is 0 Å². The molecule has 24 heavy (non-hydrogen) atoms. The van der Waals surface area contributed by atoms with Crippen LogP contribution in [0.5, 0.6) is 0 Å². The average molecular weight is 320 g/mol. The third-order valence-corrected chi connectivity index (χ3v) is 4.29. The van der Waals surface area contributed by atoms with Gasteiger partial charge in [-0.05, 0) is 13.0 Å². The highest BCUT2D eigenvalue weighted by Crippen LogP contribution is 2.29. The summed E-state index contributed by atoms with van der Waals surface area (Å²) in [4.78, 5) is 11.3. The van der Waals surface area contributed by atoms with Crippen LogP contribution in [-0.2, 0) is 4.74 Å². The first-order valence-electron chi connectivity index (χ1n) is 8.22. The highest BCUT2D eigenvalue weighted by Gasteiger charge is 2.21. The summed E-state index contributed by atoms with van der Waals surface area (Å²) in [5.74, 6) is 0.922. The van der Waals surface area contributed by atoms with E-state index in [9.17, 15) is 0 Å². The van der Waals surface area contributed by atoms with Gasteiger partial charge in [0.15, 0.2) is 0 Å². The smallest absolute Gasteiger partial charge is 0.144 e. The Bertz CT molecular complexity index is 815. The van der Waals surface area contributed by atoms with Gasteiger partial charge in [0, 0.05) is 37.2 Å². The number of nitrogens with zero attached hydrogens (tertiary/aromatic N) is 4. The number of benzene rings is 1. The summed E-state index contributed by atoms with van der Waals surface area (Å²) in [6, 6.07) is 12.3. The largest absolute Gasteiger partial charge is 0.375 e. The molecular weight excluding hydrogens is 300 g/mol. The first-order chi connectivity index (χ1) is 11.8. The molecule has 0 bridgehead atoms. The van der Waals surface area contributed by atoms with Gasteiger partial charge in [-0.15, -0.1) is 0 Å². The van der Waals surface area contributed by atoms with Gasteiger partial charge in [-0.1, -0.05) is 30.3 Å². The van der Waals surface area contributed by atoms with Crippen LogP contribution in [-0.4, -0.2) is 40.3 Å². The third kappa shape index (κ3) is 2.78. The molecule has 1 saturated heterocycles. The number of pyridine rings is 1. The normalized spacial score (nSPS) is 17.9. The Morgan fingerprint density at radius 1 is 1.08 bits per heavy atom. The number of hydrogen-bond donors (Lipinski definition) is 0. The molecule has 0 spiro atoms. The number of imidazole rings is 1. The van der Waals surface area contributed by atoms with E-state index in [0.717, 1.165) is 42.5 Å². The van der Waals surface area contributed by atoms with Crippen LogP contribution < -0.4 is 4.90 Å². The number of morpholine rings is 1. The van der Waals surface area contributed by atoms with Gasteiger partial charge < -0.3 is 9.64 Å². The summed E-state index contributed by atoms with van der Waals surface area (Å²) in [6.45, 7) is 4.63. The zero-order chi connectivity index (χ0) is 16.4. The topological polar surface area (TPSA) is 43.2 Å². The molecule has 0 saturated carbocycles. The fourth-order valence-electron chi connectivity index (χ4n) is 3.17. The van der Waals surface area contributed by atoms with Gasteiger partial charge in [0.1, 0.15) is 5.82 Å². The van der Waals surface area contributed by atoms with Crippen molar-refractivity contribution in [3.63, 3.8) is 0 Å². The third-order valence-electron chi connectivity index (χ3n) is 4.29. The molecule has 3 heterocycles. The molecule has 1 aliphatic rings. The maximum Gasteiger partial charge on any atom is 0.144 e. The molecular formula is C19H20N4O. The van der Waals surface area contributed by atoms with Crippen LogP contribution in [0.1, 0.15) is 6.92 Å². The molecule has 0 radical (unpaired) electrons. The maximum absolute atomic E-state index is 5.68. The van der Waals surface area contributed by atoms with E-state index in [-0.39, 0.29) is 6.10 Å². The number of ether oxygens (including phenoxy) is 1. The molecule has 4 rings (SSSR count). The molecule has 1 fully saturated rings. The maximum atomic E-state index is 5.68. The van der Waals surface area contributed by atoms with Crippen LogP contribution in [0.15, 0.2) is 61.2 Å². The summed E-state index contributed by atoms with van der Waals surface area (Å²) in [6.07, 6.45) is 7.81. The number of hydrogen-bond acceptors (Lipinski definition) is 4. The monoisotopic (exact) mass is 320 g/mol. The van der Waals surface area contributed by atoms with E-state index in [1.54, 1.807) is 0 Å². The Kier molecular flexibility index (Phi) is 4.01. The van der Waals surface area contributed by atoms with Gasteiger partial charge in [0.05, 0.1) is 30.3 Å². The van der Waals surface area contributed by atoms with E-state index in [4.69, 9.17) is 4.74 Å². The van der Waals surface area contributed by atoms with Crippen LogP contribution in [0.3, 0.4) is 0 Å². The zero-order valence-electron chi connectivity index (χ0n) is 13.7. The minimum Gasteiger partial charge on any atom is -0.375 e. The fraction of sp³-hybridized carbons (Fsp3) is 0.263. The summed E-state index contributed by atoms with van der Waals surface area (Å²) < 4.78 is 7.79. The van der Waals surface area contributed by atoms with E-state index in [1.807, 2.05) is 43.0 Å². The Labute approximate surface area is 141 Å². The molecule has 1 unspecified atom stereocenters.